The van der Waals surface area contributed by atoms with Crippen molar-refractivity contribution in [2.45, 2.75) is 26.7 Å². The van der Waals surface area contributed by atoms with E-state index in [2.05, 4.69) is 53.3 Å². The standard InChI is InChI=1S/C26H25N3O/c1-19-9-8-13-22(17-19)29-18-24(21-11-4-3-5-12-21)27-25(29)15-16-26(30)28-23-14-7-6-10-20(23)2/h3-14,17-18H,15-16H2,1-2H3,(H,28,30). The Labute approximate surface area is 177 Å². The molecular formula is C26H25N3O. The minimum absolute atomic E-state index is 0.00986. The number of para-hydroxylation sites is 1. The molecular weight excluding hydrogens is 370 g/mol. The molecule has 0 spiro atoms. The van der Waals surface area contributed by atoms with Gasteiger partial charge in [0.25, 0.3) is 0 Å². The molecule has 150 valence electrons. The molecule has 0 aliphatic carbocycles. The molecule has 1 aromatic heterocycles. The maximum atomic E-state index is 12.6. The molecule has 1 N–H and O–H groups in total. The zero-order valence-corrected chi connectivity index (χ0v) is 17.3. The molecule has 1 amide bonds. The van der Waals surface area contributed by atoms with Crippen LogP contribution in [0.15, 0.2) is 85.1 Å². The zero-order valence-electron chi connectivity index (χ0n) is 17.3. The van der Waals surface area contributed by atoms with E-state index in [1.165, 1.54) is 5.56 Å². The number of aromatic nitrogens is 2. The molecule has 4 nitrogen and oxygen atoms in total. The van der Waals surface area contributed by atoms with E-state index < -0.39 is 0 Å². The van der Waals surface area contributed by atoms with Crippen molar-refractivity contribution >= 4 is 11.6 Å². The average molecular weight is 396 g/mol. The lowest BCUT2D eigenvalue weighted by Crippen LogP contribution is -2.14. The molecule has 0 saturated heterocycles. The average Bonchev–Trinajstić information content (AvgIpc) is 3.19. The lowest BCUT2D eigenvalue weighted by Gasteiger charge is -2.10. The topological polar surface area (TPSA) is 46.9 Å². The second kappa shape index (κ2) is 8.78. The Morgan fingerprint density at radius 3 is 2.47 bits per heavy atom. The Balaban J connectivity index is 1.59. The van der Waals surface area contributed by atoms with Gasteiger partial charge in [-0.05, 0) is 43.2 Å². The van der Waals surface area contributed by atoms with Crippen LogP contribution in [0.3, 0.4) is 0 Å². The molecule has 30 heavy (non-hydrogen) atoms. The number of benzene rings is 3. The Hall–Kier alpha value is -3.66. The number of hydrogen-bond donors (Lipinski definition) is 1. The van der Waals surface area contributed by atoms with Gasteiger partial charge in [-0.2, -0.15) is 0 Å². The predicted molar refractivity (Wildman–Crippen MR) is 122 cm³/mol. The van der Waals surface area contributed by atoms with Gasteiger partial charge in [0.05, 0.1) is 5.69 Å². The van der Waals surface area contributed by atoms with Gasteiger partial charge in [-0.3, -0.25) is 4.79 Å². The summed E-state index contributed by atoms with van der Waals surface area (Å²) in [6.07, 6.45) is 2.97. The molecule has 0 fully saturated rings. The third kappa shape index (κ3) is 4.49. The number of carbonyl (C=O) groups excluding carboxylic acids is 1. The van der Waals surface area contributed by atoms with Gasteiger partial charge in [0.1, 0.15) is 5.82 Å². The molecule has 0 atom stereocenters. The van der Waals surface area contributed by atoms with Crippen molar-refractivity contribution < 1.29 is 4.79 Å². The van der Waals surface area contributed by atoms with E-state index in [4.69, 9.17) is 4.98 Å². The third-order valence-corrected chi connectivity index (χ3v) is 5.12. The number of nitrogens with one attached hydrogen (secondary N) is 1. The summed E-state index contributed by atoms with van der Waals surface area (Å²) in [5.41, 5.74) is 6.12. The van der Waals surface area contributed by atoms with Crippen molar-refractivity contribution in [3.8, 4) is 16.9 Å². The summed E-state index contributed by atoms with van der Waals surface area (Å²) in [5.74, 6) is 0.865. The molecule has 1 heterocycles. The normalized spacial score (nSPS) is 10.7. The zero-order chi connectivity index (χ0) is 20.9. The first-order valence-electron chi connectivity index (χ1n) is 10.2. The second-order valence-corrected chi connectivity index (χ2v) is 7.48. The second-order valence-electron chi connectivity index (χ2n) is 7.48. The lowest BCUT2D eigenvalue weighted by molar-refractivity contribution is -0.116. The number of hydrogen-bond acceptors (Lipinski definition) is 2. The fourth-order valence-corrected chi connectivity index (χ4v) is 3.50. The van der Waals surface area contributed by atoms with Crippen LogP contribution < -0.4 is 5.32 Å². The van der Waals surface area contributed by atoms with E-state index in [0.717, 1.165) is 34.0 Å². The van der Waals surface area contributed by atoms with Gasteiger partial charge in [-0.25, -0.2) is 4.98 Å². The highest BCUT2D eigenvalue weighted by atomic mass is 16.1. The minimum atomic E-state index is -0.00986. The van der Waals surface area contributed by atoms with Crippen molar-refractivity contribution in [3.63, 3.8) is 0 Å². The maximum absolute atomic E-state index is 12.6. The molecule has 4 aromatic rings. The molecule has 0 bridgehead atoms. The van der Waals surface area contributed by atoms with Crippen LogP contribution in [0, 0.1) is 13.8 Å². The fraction of sp³-hybridized carbons (Fsp3) is 0.154. The van der Waals surface area contributed by atoms with Gasteiger partial charge in [0.2, 0.25) is 5.91 Å². The van der Waals surface area contributed by atoms with Gasteiger partial charge in [0, 0.05) is 36.0 Å². The van der Waals surface area contributed by atoms with Crippen LogP contribution in [0.2, 0.25) is 0 Å². The first kappa shape index (κ1) is 19.6. The fourth-order valence-electron chi connectivity index (χ4n) is 3.50. The highest BCUT2D eigenvalue weighted by Gasteiger charge is 2.13. The summed E-state index contributed by atoms with van der Waals surface area (Å²) in [7, 11) is 0. The summed E-state index contributed by atoms with van der Waals surface area (Å²) < 4.78 is 2.09. The first-order chi connectivity index (χ1) is 14.6. The van der Waals surface area contributed by atoms with E-state index in [1.807, 2.05) is 55.5 Å². The minimum Gasteiger partial charge on any atom is -0.326 e. The van der Waals surface area contributed by atoms with Gasteiger partial charge in [0.15, 0.2) is 0 Å². The van der Waals surface area contributed by atoms with Crippen molar-refractivity contribution in [2.75, 3.05) is 5.32 Å². The van der Waals surface area contributed by atoms with Crippen LogP contribution in [-0.2, 0) is 11.2 Å². The van der Waals surface area contributed by atoms with Crippen LogP contribution in [0.1, 0.15) is 23.4 Å². The quantitative estimate of drug-likeness (QED) is 0.453. The number of imidazole rings is 1. The summed E-state index contributed by atoms with van der Waals surface area (Å²) in [6.45, 7) is 4.07. The number of amides is 1. The molecule has 4 heteroatoms. The van der Waals surface area contributed by atoms with E-state index in [0.29, 0.717) is 12.8 Å². The Morgan fingerprint density at radius 2 is 1.70 bits per heavy atom. The van der Waals surface area contributed by atoms with E-state index >= 15 is 0 Å². The smallest absolute Gasteiger partial charge is 0.224 e. The summed E-state index contributed by atoms with van der Waals surface area (Å²) in [6, 6.07) is 26.3. The molecule has 0 aliphatic heterocycles. The van der Waals surface area contributed by atoms with E-state index in [9.17, 15) is 4.79 Å². The predicted octanol–water partition coefficient (Wildman–Crippen LogP) is 5.73. The highest BCUT2D eigenvalue weighted by Crippen LogP contribution is 2.23. The largest absolute Gasteiger partial charge is 0.326 e. The number of carbonyl (C=O) groups is 1. The Morgan fingerprint density at radius 1 is 0.933 bits per heavy atom. The van der Waals surface area contributed by atoms with Crippen LogP contribution in [-0.4, -0.2) is 15.5 Å². The first-order valence-corrected chi connectivity index (χ1v) is 10.2. The number of rotatable bonds is 6. The van der Waals surface area contributed by atoms with E-state index in [1.54, 1.807) is 0 Å². The third-order valence-electron chi connectivity index (χ3n) is 5.12. The molecule has 0 saturated carbocycles. The lowest BCUT2D eigenvalue weighted by atomic mass is 10.2. The van der Waals surface area contributed by atoms with Gasteiger partial charge in [-0.1, -0.05) is 60.7 Å². The van der Waals surface area contributed by atoms with Crippen molar-refractivity contribution in [1.82, 2.24) is 9.55 Å². The summed E-state index contributed by atoms with van der Waals surface area (Å²) >= 11 is 0. The number of aryl methyl sites for hydroxylation is 3. The SMILES string of the molecule is Cc1cccc(-n2cc(-c3ccccc3)nc2CCC(=O)Nc2ccccc2C)c1. The van der Waals surface area contributed by atoms with Crippen molar-refractivity contribution in [2.24, 2.45) is 0 Å². The number of nitrogens with zero attached hydrogens (tertiary/aromatic N) is 2. The number of anilines is 1. The van der Waals surface area contributed by atoms with Gasteiger partial charge in [-0.15, -0.1) is 0 Å². The van der Waals surface area contributed by atoms with Crippen LogP contribution in [0.4, 0.5) is 5.69 Å². The molecule has 0 radical (unpaired) electrons. The molecule has 3 aromatic carbocycles. The monoisotopic (exact) mass is 395 g/mol. The van der Waals surface area contributed by atoms with Crippen LogP contribution >= 0.6 is 0 Å². The van der Waals surface area contributed by atoms with Crippen molar-refractivity contribution in [1.29, 1.82) is 0 Å². The van der Waals surface area contributed by atoms with Gasteiger partial charge < -0.3 is 9.88 Å². The Bertz CT molecular complexity index is 1160. The summed E-state index contributed by atoms with van der Waals surface area (Å²) in [5, 5.41) is 3.01. The van der Waals surface area contributed by atoms with E-state index in [-0.39, 0.29) is 5.91 Å². The van der Waals surface area contributed by atoms with Crippen LogP contribution in [0.5, 0.6) is 0 Å². The molecule has 0 aliphatic rings. The van der Waals surface area contributed by atoms with Gasteiger partial charge >= 0.3 is 0 Å². The maximum Gasteiger partial charge on any atom is 0.224 e. The molecule has 4 rings (SSSR count). The van der Waals surface area contributed by atoms with Crippen molar-refractivity contribution in [3.05, 3.63) is 102 Å². The summed E-state index contributed by atoms with van der Waals surface area (Å²) in [4.78, 5) is 17.4. The highest BCUT2D eigenvalue weighted by molar-refractivity contribution is 5.91. The van der Waals surface area contributed by atoms with Crippen LogP contribution in [0.25, 0.3) is 16.9 Å². The molecule has 0 unspecified atom stereocenters. The Kier molecular flexibility index (Phi) is 5.75.